The molecule has 0 aliphatic heterocycles. The van der Waals surface area contributed by atoms with Crippen LogP contribution in [-0.2, 0) is 5.54 Å². The molecule has 1 rings (SSSR count). The van der Waals surface area contributed by atoms with E-state index in [1.165, 1.54) is 42.5 Å². The number of nitrogens with zero attached hydrogens (tertiary/aromatic N) is 1. The zero-order valence-corrected chi connectivity index (χ0v) is 12.9. The fourth-order valence-electron chi connectivity index (χ4n) is 3.93. The first kappa shape index (κ1) is 15.2. The van der Waals surface area contributed by atoms with Crippen molar-refractivity contribution >= 4 is 0 Å². The van der Waals surface area contributed by atoms with Crippen molar-refractivity contribution in [3.05, 3.63) is 35.9 Å². The monoisotopic (exact) mass is 248 g/mol. The van der Waals surface area contributed by atoms with Crippen molar-refractivity contribution < 1.29 is 4.48 Å². The second-order valence-electron chi connectivity index (χ2n) is 5.20. The van der Waals surface area contributed by atoms with Gasteiger partial charge in [0.2, 0.25) is 0 Å². The molecule has 0 bridgehead atoms. The first-order valence-corrected chi connectivity index (χ1v) is 7.58. The summed E-state index contributed by atoms with van der Waals surface area (Å²) in [5.41, 5.74) is 1.79. The molecule has 0 aliphatic rings. The summed E-state index contributed by atoms with van der Waals surface area (Å²) in [5.74, 6) is 0. The molecule has 1 aromatic rings. The minimum Gasteiger partial charge on any atom is -0.316 e. The largest absolute Gasteiger partial charge is 0.316 e. The molecular weight excluding hydrogens is 218 g/mol. The molecule has 0 heterocycles. The lowest BCUT2D eigenvalue weighted by Gasteiger charge is -2.52. The Morgan fingerprint density at radius 3 is 1.56 bits per heavy atom. The summed E-state index contributed by atoms with van der Waals surface area (Å²) in [6.07, 6.45) is 2.42. The van der Waals surface area contributed by atoms with Crippen molar-refractivity contribution in [1.29, 1.82) is 0 Å². The van der Waals surface area contributed by atoms with Crippen LogP contribution in [0.4, 0.5) is 0 Å². The van der Waals surface area contributed by atoms with Crippen molar-refractivity contribution in [3.63, 3.8) is 0 Å². The van der Waals surface area contributed by atoms with Crippen LogP contribution in [0.15, 0.2) is 30.3 Å². The number of hydrogen-bond donors (Lipinski definition) is 0. The summed E-state index contributed by atoms with van der Waals surface area (Å²) < 4.78 is 1.20. The van der Waals surface area contributed by atoms with Crippen LogP contribution in [0.25, 0.3) is 0 Å². The normalized spacial score (nSPS) is 12.7. The first-order chi connectivity index (χ1) is 8.66. The molecule has 0 unspecified atom stereocenters. The molecule has 0 N–H and O–H groups in total. The Balaban J connectivity index is 3.38. The quantitative estimate of drug-likeness (QED) is 0.620. The van der Waals surface area contributed by atoms with Gasteiger partial charge in [0.15, 0.2) is 0 Å². The highest BCUT2D eigenvalue weighted by Gasteiger charge is 2.46. The molecule has 1 heteroatoms. The molecule has 0 fully saturated rings. The van der Waals surface area contributed by atoms with E-state index in [1.54, 1.807) is 0 Å². The Hall–Kier alpha value is -0.820. The van der Waals surface area contributed by atoms with Crippen LogP contribution in [0.5, 0.6) is 0 Å². The number of quaternary nitrogens is 1. The van der Waals surface area contributed by atoms with Crippen molar-refractivity contribution in [1.82, 2.24) is 0 Å². The van der Waals surface area contributed by atoms with Crippen molar-refractivity contribution in [2.75, 3.05) is 19.6 Å². The summed E-state index contributed by atoms with van der Waals surface area (Å²) in [7, 11) is 0. The van der Waals surface area contributed by atoms with E-state index >= 15 is 0 Å². The third-order valence-corrected chi connectivity index (χ3v) is 5.20. The zero-order valence-electron chi connectivity index (χ0n) is 12.9. The summed E-state index contributed by atoms with van der Waals surface area (Å²) in [5, 5.41) is 0. The van der Waals surface area contributed by atoms with Crippen LogP contribution in [-0.4, -0.2) is 24.1 Å². The summed E-state index contributed by atoms with van der Waals surface area (Å²) >= 11 is 0. The van der Waals surface area contributed by atoms with Crippen molar-refractivity contribution in [2.24, 2.45) is 0 Å². The van der Waals surface area contributed by atoms with Gasteiger partial charge >= 0.3 is 0 Å². The topological polar surface area (TPSA) is 0 Å². The molecule has 102 valence electrons. The molecule has 0 aliphatic carbocycles. The van der Waals surface area contributed by atoms with E-state index in [1.807, 2.05) is 0 Å². The van der Waals surface area contributed by atoms with E-state index in [0.717, 1.165) is 0 Å². The number of benzene rings is 1. The van der Waals surface area contributed by atoms with Gasteiger partial charge < -0.3 is 4.48 Å². The van der Waals surface area contributed by atoms with E-state index < -0.39 is 0 Å². The highest BCUT2D eigenvalue weighted by molar-refractivity contribution is 5.22. The minimum atomic E-state index is 0.277. The van der Waals surface area contributed by atoms with Gasteiger partial charge in [-0.3, -0.25) is 0 Å². The fraction of sp³-hybridized carbons (Fsp3) is 0.647. The lowest BCUT2D eigenvalue weighted by atomic mass is 9.80. The molecule has 0 saturated heterocycles. The van der Waals surface area contributed by atoms with Crippen LogP contribution in [0.3, 0.4) is 0 Å². The molecule has 0 spiro atoms. The molecule has 0 aromatic heterocycles. The van der Waals surface area contributed by atoms with Crippen LogP contribution < -0.4 is 0 Å². The summed E-state index contributed by atoms with van der Waals surface area (Å²) in [6.45, 7) is 15.4. The highest BCUT2D eigenvalue weighted by Crippen LogP contribution is 2.41. The van der Waals surface area contributed by atoms with E-state index in [0.29, 0.717) is 0 Å². The smallest absolute Gasteiger partial charge is 0.124 e. The highest BCUT2D eigenvalue weighted by atomic mass is 15.4. The van der Waals surface area contributed by atoms with Crippen molar-refractivity contribution in [2.45, 2.75) is 53.0 Å². The number of hydrogen-bond acceptors (Lipinski definition) is 0. The van der Waals surface area contributed by atoms with E-state index in [-0.39, 0.29) is 5.54 Å². The van der Waals surface area contributed by atoms with Gasteiger partial charge in [0.25, 0.3) is 0 Å². The van der Waals surface area contributed by atoms with Crippen LogP contribution in [0.2, 0.25) is 0 Å². The molecule has 0 amide bonds. The van der Waals surface area contributed by atoms with Gasteiger partial charge in [-0.15, -0.1) is 0 Å². The third kappa shape index (κ3) is 2.21. The van der Waals surface area contributed by atoms with Crippen LogP contribution in [0, 0.1) is 0 Å². The Labute approximate surface area is 113 Å². The molecule has 0 atom stereocenters. The van der Waals surface area contributed by atoms with E-state index in [4.69, 9.17) is 0 Å². The van der Waals surface area contributed by atoms with Gasteiger partial charge in [-0.2, -0.15) is 0 Å². The van der Waals surface area contributed by atoms with Crippen molar-refractivity contribution in [3.8, 4) is 0 Å². The number of rotatable bonds is 7. The molecule has 0 radical (unpaired) electrons. The Morgan fingerprint density at radius 1 is 0.778 bits per heavy atom. The summed E-state index contributed by atoms with van der Waals surface area (Å²) in [6, 6.07) is 11.1. The lowest BCUT2D eigenvalue weighted by molar-refractivity contribution is -0.980. The maximum atomic E-state index is 2.35. The average Bonchev–Trinajstić information content (AvgIpc) is 2.46. The molecule has 1 aromatic carbocycles. The first-order valence-electron chi connectivity index (χ1n) is 7.58. The SMILES string of the molecule is CCC(CC)(c1ccccc1)[N+](CC)(CC)CC. The van der Waals surface area contributed by atoms with Gasteiger partial charge in [0.1, 0.15) is 5.54 Å². The lowest BCUT2D eigenvalue weighted by Crippen LogP contribution is -2.61. The maximum absolute atomic E-state index is 2.35. The standard InChI is InChI=1S/C17H30N/c1-6-17(7-2,16-14-12-11-13-15-16)18(8-3,9-4)10-5/h11-15H,6-10H2,1-5H3/q+1. The second kappa shape index (κ2) is 6.38. The Morgan fingerprint density at radius 2 is 1.22 bits per heavy atom. The van der Waals surface area contributed by atoms with Crippen LogP contribution in [0.1, 0.15) is 53.0 Å². The Kier molecular flexibility index (Phi) is 5.40. The van der Waals surface area contributed by atoms with Gasteiger partial charge in [-0.05, 0) is 20.8 Å². The van der Waals surface area contributed by atoms with Gasteiger partial charge in [0.05, 0.1) is 19.6 Å². The zero-order chi connectivity index (χ0) is 13.6. The Bertz CT molecular complexity index is 326. The fourth-order valence-corrected chi connectivity index (χ4v) is 3.93. The van der Waals surface area contributed by atoms with E-state index in [2.05, 4.69) is 65.0 Å². The molecular formula is C17H30N+. The van der Waals surface area contributed by atoms with Gasteiger partial charge in [-0.1, -0.05) is 44.2 Å². The third-order valence-electron chi connectivity index (χ3n) is 5.20. The van der Waals surface area contributed by atoms with Gasteiger partial charge in [-0.25, -0.2) is 0 Å². The minimum absolute atomic E-state index is 0.277. The maximum Gasteiger partial charge on any atom is 0.124 e. The van der Waals surface area contributed by atoms with Crippen LogP contribution >= 0.6 is 0 Å². The predicted octanol–water partition coefficient (Wildman–Crippen LogP) is 4.58. The average molecular weight is 248 g/mol. The second-order valence-corrected chi connectivity index (χ2v) is 5.20. The molecule has 18 heavy (non-hydrogen) atoms. The molecule has 0 saturated carbocycles. The predicted molar refractivity (Wildman–Crippen MR) is 80.6 cm³/mol. The van der Waals surface area contributed by atoms with E-state index in [9.17, 15) is 0 Å². The van der Waals surface area contributed by atoms with Gasteiger partial charge in [0, 0.05) is 18.4 Å². The summed E-state index contributed by atoms with van der Waals surface area (Å²) in [4.78, 5) is 0. The molecule has 1 nitrogen and oxygen atoms in total.